The molecule has 2 aliphatic heterocycles. The first-order chi connectivity index (χ1) is 37.4. The number of aliphatic hydroxyl groups excluding tert-OH is 11. The number of ether oxygens (including phenoxy) is 4. The van der Waals surface area contributed by atoms with E-state index in [1.54, 1.807) is 0 Å². The lowest BCUT2D eigenvalue weighted by Gasteiger charge is -2.47. The van der Waals surface area contributed by atoms with Crippen molar-refractivity contribution in [1.82, 2.24) is 10.6 Å². The molecule has 2 heterocycles. The number of unbranched alkanes of at least 4 members (excludes halogenated alkanes) is 24. The van der Waals surface area contributed by atoms with Crippen molar-refractivity contribution in [3.8, 4) is 0 Å². The molecular weight excluding hydrogens is 1020 g/mol. The normalized spacial score (nSPS) is 26.4. The maximum absolute atomic E-state index is 13.5. The second kappa shape index (κ2) is 41.7. The van der Waals surface area contributed by atoms with E-state index in [0.717, 1.165) is 63.7 Å². The number of carboxylic acid groups (broad SMARTS) is 1. The Kier molecular flexibility index (Phi) is 38.5. The van der Waals surface area contributed by atoms with Crippen molar-refractivity contribution in [1.29, 1.82) is 0 Å². The van der Waals surface area contributed by atoms with E-state index in [9.17, 15) is 75.7 Å². The molecule has 2 saturated heterocycles. The van der Waals surface area contributed by atoms with Crippen LogP contribution < -0.4 is 10.6 Å². The van der Waals surface area contributed by atoms with Crippen LogP contribution in [0.5, 0.6) is 0 Å². The number of hydrogen-bond acceptors (Lipinski definition) is 18. The number of aliphatic hydroxyl groups is 11. The Labute approximate surface area is 465 Å². The van der Waals surface area contributed by atoms with Gasteiger partial charge in [-0.25, -0.2) is 4.79 Å². The average Bonchev–Trinajstić information content (AvgIpc) is 3.45. The van der Waals surface area contributed by atoms with Crippen LogP contribution in [0.4, 0.5) is 0 Å². The highest BCUT2D eigenvalue weighted by Crippen LogP contribution is 2.35. The van der Waals surface area contributed by atoms with Crippen molar-refractivity contribution in [2.75, 3.05) is 26.4 Å². The molecule has 2 aliphatic rings. The number of nitrogens with one attached hydrogen (secondary N) is 2. The van der Waals surface area contributed by atoms with E-state index in [4.69, 9.17) is 18.9 Å². The van der Waals surface area contributed by atoms with Gasteiger partial charge in [-0.05, 0) is 18.8 Å². The van der Waals surface area contributed by atoms with Gasteiger partial charge in [-0.3, -0.25) is 9.59 Å². The van der Waals surface area contributed by atoms with Crippen LogP contribution in [-0.4, -0.2) is 197 Å². The molecule has 14 N–H and O–H groups in total. The fourth-order valence-corrected chi connectivity index (χ4v) is 10.3. The van der Waals surface area contributed by atoms with Gasteiger partial charge >= 0.3 is 5.97 Å². The summed E-state index contributed by atoms with van der Waals surface area (Å²) >= 11 is 0. The summed E-state index contributed by atoms with van der Waals surface area (Å²) in [6.45, 7) is 2.97. The molecule has 0 aliphatic carbocycles. The van der Waals surface area contributed by atoms with E-state index in [1.165, 1.54) is 109 Å². The van der Waals surface area contributed by atoms with Crippen LogP contribution in [0, 0.1) is 5.92 Å². The Bertz CT molecular complexity index is 1550. The lowest BCUT2D eigenvalue weighted by atomic mass is 9.88. The zero-order valence-corrected chi connectivity index (χ0v) is 47.6. The number of carbonyl (C=O) groups excluding carboxylic acids is 2. The predicted molar refractivity (Wildman–Crippen MR) is 292 cm³/mol. The van der Waals surface area contributed by atoms with Gasteiger partial charge in [0.15, 0.2) is 6.29 Å². The minimum atomic E-state index is -2.89. The van der Waals surface area contributed by atoms with E-state index >= 15 is 0 Å². The van der Waals surface area contributed by atoms with E-state index in [2.05, 4.69) is 31.4 Å². The SMILES string of the molecule is CCCCCCCCCCCCCCCCCCCC[C@@H](O)C(=O)N[C@@H](CO[C@@H]1O[C@H](CO[C@]2(C(=O)O)C[C@H](O)[C@@H](NC(=O)CO)[C@H]([C@H](O)[C@H](O)CO)O2)[C@@H](O)[C@H](O)[C@H]1O)[C@H](O)[C@H](O)CCCCCCCCCCC(C)CC. The molecule has 21 heteroatoms. The molecule has 460 valence electrons. The molecule has 0 spiro atoms. The largest absolute Gasteiger partial charge is 0.477 e. The van der Waals surface area contributed by atoms with Crippen LogP contribution in [0.3, 0.4) is 0 Å². The quantitative estimate of drug-likeness (QED) is 0.0384. The average molecular weight is 1130 g/mol. The van der Waals surface area contributed by atoms with Gasteiger partial charge in [-0.15, -0.1) is 0 Å². The van der Waals surface area contributed by atoms with Crippen LogP contribution in [0.15, 0.2) is 0 Å². The van der Waals surface area contributed by atoms with Crippen molar-refractivity contribution < 1.29 is 94.6 Å². The second-order valence-electron chi connectivity index (χ2n) is 22.5. The van der Waals surface area contributed by atoms with Gasteiger partial charge in [0.1, 0.15) is 61.5 Å². The topological polar surface area (TPSA) is 355 Å². The highest BCUT2D eigenvalue weighted by molar-refractivity contribution is 5.80. The van der Waals surface area contributed by atoms with Gasteiger partial charge in [0.05, 0.1) is 44.1 Å². The molecule has 0 radical (unpaired) electrons. The Morgan fingerprint density at radius 1 is 0.641 bits per heavy atom. The smallest absolute Gasteiger partial charge is 0.364 e. The fourth-order valence-electron chi connectivity index (χ4n) is 10.3. The Morgan fingerprint density at radius 3 is 1.60 bits per heavy atom. The maximum atomic E-state index is 13.5. The molecule has 16 atom stereocenters. The first-order valence-electron chi connectivity index (χ1n) is 30.1. The van der Waals surface area contributed by atoms with Crippen LogP contribution in [0.1, 0.15) is 220 Å². The van der Waals surface area contributed by atoms with Gasteiger partial charge in [-0.1, -0.05) is 201 Å². The van der Waals surface area contributed by atoms with Gasteiger partial charge in [0.25, 0.3) is 5.79 Å². The molecule has 0 bridgehead atoms. The third-order valence-electron chi connectivity index (χ3n) is 15.8. The summed E-state index contributed by atoms with van der Waals surface area (Å²) < 4.78 is 22.7. The fraction of sp³-hybridized carbons (Fsp3) is 0.947. The monoisotopic (exact) mass is 1120 g/mol. The number of carbonyl (C=O) groups is 3. The Balaban J connectivity index is 2.04. The zero-order chi connectivity index (χ0) is 57.9. The molecule has 0 aromatic heterocycles. The highest BCUT2D eigenvalue weighted by atomic mass is 16.7. The third kappa shape index (κ3) is 27.3. The first kappa shape index (κ1) is 71.9. The zero-order valence-electron chi connectivity index (χ0n) is 47.6. The van der Waals surface area contributed by atoms with Crippen molar-refractivity contribution in [2.24, 2.45) is 5.92 Å². The summed E-state index contributed by atoms with van der Waals surface area (Å²) in [7, 11) is 0. The molecule has 0 saturated carbocycles. The number of rotatable bonds is 47. The summed E-state index contributed by atoms with van der Waals surface area (Å²) in [5.74, 6) is -5.94. The van der Waals surface area contributed by atoms with Crippen LogP contribution in [-0.2, 0) is 33.3 Å². The molecule has 0 aromatic carbocycles. The number of hydrogen-bond donors (Lipinski definition) is 14. The summed E-state index contributed by atoms with van der Waals surface area (Å²) in [4.78, 5) is 38.3. The predicted octanol–water partition coefficient (Wildman–Crippen LogP) is 3.90. The first-order valence-corrected chi connectivity index (χ1v) is 30.1. The van der Waals surface area contributed by atoms with E-state index in [1.807, 2.05) is 0 Å². The highest BCUT2D eigenvalue weighted by Gasteiger charge is 2.57. The molecule has 2 fully saturated rings. The second-order valence-corrected chi connectivity index (χ2v) is 22.5. The third-order valence-corrected chi connectivity index (χ3v) is 15.8. The van der Waals surface area contributed by atoms with Gasteiger partial charge < -0.3 is 90.9 Å². The van der Waals surface area contributed by atoms with Gasteiger partial charge in [-0.2, -0.15) is 0 Å². The van der Waals surface area contributed by atoms with Crippen molar-refractivity contribution >= 4 is 17.8 Å². The summed E-state index contributed by atoms with van der Waals surface area (Å²) in [5.41, 5.74) is 0. The summed E-state index contributed by atoms with van der Waals surface area (Å²) in [6, 6.07) is -3.03. The summed E-state index contributed by atoms with van der Waals surface area (Å²) in [5, 5.41) is 132. The molecule has 2 rings (SSSR count). The van der Waals surface area contributed by atoms with E-state index < -0.39 is 142 Å². The molecular formula is C57H108N2O19. The molecule has 0 aromatic rings. The molecule has 21 nitrogen and oxygen atoms in total. The maximum Gasteiger partial charge on any atom is 0.364 e. The minimum absolute atomic E-state index is 0.142. The standard InChI is InChI=1S/C57H108N2O19/c1-4-6-7-8-9-10-11-12-13-14-15-16-17-18-19-24-27-30-33-42(63)54(72)58-40(48(67)41(62)32-29-26-23-21-20-22-25-28-31-39(3)5-2)37-75-55-52(71)51(70)50(69)45(77-55)38-76-57(56(73)74)34-43(64)47(59-46(66)36-61)53(78-57)49(68)44(65)35-60/h39-45,47-53,55,60-65,67-71H,4-38H2,1-3H3,(H,58,72)(H,59,66)(H,73,74)/t39?,40-,41+,42+,43-,44+,45+,47+,48-,49+,50+,51-,52+,53+,55+,57+/m0/s1. The number of aliphatic carboxylic acids is 1. The van der Waals surface area contributed by atoms with E-state index in [0.29, 0.717) is 12.8 Å². The van der Waals surface area contributed by atoms with Crippen molar-refractivity contribution in [2.45, 2.75) is 311 Å². The van der Waals surface area contributed by atoms with Crippen LogP contribution in [0.25, 0.3) is 0 Å². The lowest BCUT2D eigenvalue weighted by Crippen LogP contribution is -2.68. The Morgan fingerprint density at radius 2 is 1.13 bits per heavy atom. The minimum Gasteiger partial charge on any atom is -0.477 e. The molecule has 78 heavy (non-hydrogen) atoms. The van der Waals surface area contributed by atoms with Crippen molar-refractivity contribution in [3.63, 3.8) is 0 Å². The van der Waals surface area contributed by atoms with E-state index in [-0.39, 0.29) is 12.8 Å². The van der Waals surface area contributed by atoms with Crippen molar-refractivity contribution in [3.05, 3.63) is 0 Å². The summed E-state index contributed by atoms with van der Waals surface area (Å²) in [6.07, 6.45) is 9.40. The van der Waals surface area contributed by atoms with Crippen LogP contribution >= 0.6 is 0 Å². The van der Waals surface area contributed by atoms with Gasteiger partial charge in [0.2, 0.25) is 11.8 Å². The molecule has 2 amide bonds. The Hall–Kier alpha value is -2.19. The van der Waals surface area contributed by atoms with Crippen LogP contribution in [0.2, 0.25) is 0 Å². The number of amides is 2. The molecule has 1 unspecified atom stereocenters. The van der Waals surface area contributed by atoms with Gasteiger partial charge in [0, 0.05) is 6.42 Å². The lowest BCUT2D eigenvalue weighted by molar-refractivity contribution is -0.339. The number of carboxylic acids is 1.